The van der Waals surface area contributed by atoms with Crippen LogP contribution in [0.25, 0.3) is 21.7 Å². The predicted molar refractivity (Wildman–Crippen MR) is 156 cm³/mol. The zero-order valence-electron chi connectivity index (χ0n) is 24.1. The Labute approximate surface area is 247 Å². The molecule has 1 fully saturated rings. The van der Waals surface area contributed by atoms with E-state index in [0.717, 1.165) is 31.5 Å². The fourth-order valence-corrected chi connectivity index (χ4v) is 6.74. The van der Waals surface area contributed by atoms with Gasteiger partial charge in [0.05, 0.1) is 23.1 Å². The van der Waals surface area contributed by atoms with E-state index in [1.54, 1.807) is 36.3 Å². The number of hydrogen-bond donors (Lipinski definition) is 1. The molecule has 1 aliphatic rings. The number of benzene rings is 3. The van der Waals surface area contributed by atoms with Gasteiger partial charge in [-0.3, -0.25) is 4.79 Å². The number of aryl methyl sites for hydroxylation is 1. The van der Waals surface area contributed by atoms with Crippen LogP contribution in [-0.4, -0.2) is 85.7 Å². The van der Waals surface area contributed by atoms with E-state index in [9.17, 15) is 26.4 Å². The Hall–Kier alpha value is -4.10. The van der Waals surface area contributed by atoms with Crippen LogP contribution in [0.1, 0.15) is 28.8 Å². The Kier molecular flexibility index (Phi) is 9.07. The first-order chi connectivity index (χ1) is 20.2. The van der Waals surface area contributed by atoms with Crippen molar-refractivity contribution in [1.82, 2.24) is 13.8 Å². The first kappa shape index (κ1) is 31.8. The van der Waals surface area contributed by atoms with E-state index >= 15 is 0 Å². The Morgan fingerprint density at radius 2 is 1.60 bits per heavy atom. The summed E-state index contributed by atoms with van der Waals surface area (Å²) < 4.78 is 66.6. The molecule has 0 spiro atoms. The number of likely N-dealkylation sites (tertiary alicyclic amines) is 1. The maximum atomic E-state index is 14.1. The van der Waals surface area contributed by atoms with E-state index in [4.69, 9.17) is 14.6 Å². The highest BCUT2D eigenvalue weighted by molar-refractivity contribution is 7.90. The third-order valence-corrected chi connectivity index (χ3v) is 9.29. The Bertz CT molecular complexity index is 1780. The van der Waals surface area contributed by atoms with Crippen LogP contribution >= 0.6 is 0 Å². The molecule has 3 aromatic carbocycles. The second kappa shape index (κ2) is 12.3. The number of nitrogens with zero attached hydrogens (tertiary/aromatic N) is 3. The van der Waals surface area contributed by atoms with E-state index in [1.165, 1.54) is 10.2 Å². The molecule has 1 aliphatic heterocycles. The summed E-state index contributed by atoms with van der Waals surface area (Å²) in [6.07, 6.45) is -1.80. The van der Waals surface area contributed by atoms with Gasteiger partial charge in [-0.2, -0.15) is 13.2 Å². The van der Waals surface area contributed by atoms with E-state index < -0.39 is 22.2 Å². The number of methoxy groups -OCH3 is 1. The van der Waals surface area contributed by atoms with Crippen molar-refractivity contribution in [2.24, 2.45) is 0 Å². The van der Waals surface area contributed by atoms with Crippen molar-refractivity contribution < 1.29 is 41.0 Å². The topological polar surface area (TPSA) is 109 Å². The van der Waals surface area contributed by atoms with Crippen LogP contribution in [0, 0.1) is 6.92 Å². The number of amides is 1. The molecule has 0 atom stereocenters. The number of carboxylic acid groups (broad SMARTS) is 1. The van der Waals surface area contributed by atoms with Crippen LogP contribution in [-0.2, 0) is 14.8 Å². The maximum absolute atomic E-state index is 14.1. The van der Waals surface area contributed by atoms with Gasteiger partial charge >= 0.3 is 12.1 Å². The zero-order chi connectivity index (χ0) is 31.7. The van der Waals surface area contributed by atoms with Gasteiger partial charge < -0.3 is 19.6 Å². The summed E-state index contributed by atoms with van der Waals surface area (Å²) >= 11 is 0. The number of halogens is 3. The van der Waals surface area contributed by atoms with Crippen molar-refractivity contribution in [3.8, 4) is 5.75 Å². The highest BCUT2D eigenvalue weighted by atomic mass is 32.2. The van der Waals surface area contributed by atoms with E-state index in [-0.39, 0.29) is 16.8 Å². The molecule has 4 aromatic rings. The highest BCUT2D eigenvalue weighted by Gasteiger charge is 2.38. The number of carbonyl (C=O) groups is 2. The van der Waals surface area contributed by atoms with Crippen molar-refractivity contribution in [3.63, 3.8) is 0 Å². The van der Waals surface area contributed by atoms with E-state index in [0.29, 0.717) is 33.0 Å². The normalized spacial score (nSPS) is 14.8. The molecule has 230 valence electrons. The average molecular weight is 620 g/mol. The quantitative estimate of drug-likeness (QED) is 0.329. The summed E-state index contributed by atoms with van der Waals surface area (Å²) in [6, 6.07) is 16.2. The standard InChI is InChI=1S/C28H31N3O4S.C2HF3O2/c1-19-9-10-25-23(17-19)24(28(32)30(3)20-13-15-29(2)16-14-20)18-31(25)36(33,34)27-12-11-26(35-4)21-7-5-6-8-22(21)27;3-2(4,5)1(6)7/h5-12,17-18,20H,13-16H2,1-4H3;(H,6,7). The van der Waals surface area contributed by atoms with Crippen molar-refractivity contribution in [1.29, 1.82) is 0 Å². The third kappa shape index (κ3) is 6.47. The molecule has 1 amide bonds. The Balaban J connectivity index is 0.000000541. The molecule has 43 heavy (non-hydrogen) atoms. The highest BCUT2D eigenvalue weighted by Crippen LogP contribution is 2.34. The minimum Gasteiger partial charge on any atom is -0.496 e. The molecule has 2 heterocycles. The van der Waals surface area contributed by atoms with Crippen LogP contribution in [0.3, 0.4) is 0 Å². The van der Waals surface area contributed by atoms with Crippen LogP contribution < -0.4 is 4.74 Å². The maximum Gasteiger partial charge on any atom is 0.490 e. The molecule has 1 aromatic heterocycles. The zero-order valence-corrected chi connectivity index (χ0v) is 24.9. The van der Waals surface area contributed by atoms with Crippen LogP contribution in [0.15, 0.2) is 65.7 Å². The average Bonchev–Trinajstić information content (AvgIpc) is 3.35. The fourth-order valence-electron chi connectivity index (χ4n) is 5.17. The lowest BCUT2D eigenvalue weighted by molar-refractivity contribution is -0.192. The number of alkyl halides is 3. The fraction of sp³-hybridized carbons (Fsp3) is 0.333. The molecule has 5 rings (SSSR count). The largest absolute Gasteiger partial charge is 0.496 e. The molecule has 0 unspecified atom stereocenters. The lowest BCUT2D eigenvalue weighted by atomic mass is 10.0. The summed E-state index contributed by atoms with van der Waals surface area (Å²) in [4.78, 5) is 26.8. The molecule has 1 saturated heterocycles. The number of aliphatic carboxylic acids is 1. The molecule has 0 saturated carbocycles. The molecule has 13 heteroatoms. The van der Waals surface area contributed by atoms with Crippen molar-refractivity contribution >= 4 is 43.6 Å². The molecular weight excluding hydrogens is 587 g/mol. The van der Waals surface area contributed by atoms with Crippen molar-refractivity contribution in [3.05, 3.63) is 71.9 Å². The number of rotatable bonds is 5. The van der Waals surface area contributed by atoms with E-state index in [1.807, 2.05) is 44.3 Å². The number of piperidine rings is 1. The van der Waals surface area contributed by atoms with Crippen LogP contribution in [0.4, 0.5) is 13.2 Å². The van der Waals surface area contributed by atoms with Crippen LogP contribution in [0.5, 0.6) is 5.75 Å². The molecule has 9 nitrogen and oxygen atoms in total. The number of carbonyl (C=O) groups excluding carboxylic acids is 1. The third-order valence-electron chi connectivity index (χ3n) is 7.56. The first-order valence-electron chi connectivity index (χ1n) is 13.4. The van der Waals surface area contributed by atoms with Crippen molar-refractivity contribution in [2.75, 3.05) is 34.3 Å². The van der Waals surface area contributed by atoms with Gasteiger partial charge in [0.2, 0.25) is 0 Å². The summed E-state index contributed by atoms with van der Waals surface area (Å²) in [6.45, 7) is 3.81. The van der Waals surface area contributed by atoms with Gasteiger partial charge in [-0.05, 0) is 64.2 Å². The van der Waals surface area contributed by atoms with Gasteiger partial charge in [-0.15, -0.1) is 0 Å². The second-order valence-electron chi connectivity index (χ2n) is 10.4. The van der Waals surface area contributed by atoms with E-state index in [2.05, 4.69) is 11.9 Å². The monoisotopic (exact) mass is 619 g/mol. The lowest BCUT2D eigenvalue weighted by Gasteiger charge is -2.35. The minimum atomic E-state index is -5.08. The molecule has 0 bridgehead atoms. The smallest absolute Gasteiger partial charge is 0.490 e. The minimum absolute atomic E-state index is 0.124. The Morgan fingerprint density at radius 1 is 1.00 bits per heavy atom. The van der Waals surface area contributed by atoms with Gasteiger partial charge in [-0.1, -0.05) is 35.9 Å². The molecule has 0 radical (unpaired) electrons. The summed E-state index contributed by atoms with van der Waals surface area (Å²) in [5, 5.41) is 9.05. The van der Waals surface area contributed by atoms with Gasteiger partial charge in [0, 0.05) is 35.4 Å². The molecular formula is C30H32F3N3O6S. The number of aromatic nitrogens is 1. The molecule has 0 aliphatic carbocycles. The Morgan fingerprint density at radius 3 is 2.19 bits per heavy atom. The number of hydrogen-bond acceptors (Lipinski definition) is 6. The van der Waals surface area contributed by atoms with Gasteiger partial charge in [0.25, 0.3) is 15.9 Å². The van der Waals surface area contributed by atoms with Crippen LogP contribution in [0.2, 0.25) is 0 Å². The lowest BCUT2D eigenvalue weighted by Crippen LogP contribution is -2.44. The summed E-state index contributed by atoms with van der Waals surface area (Å²) in [7, 11) is 1.46. The number of fused-ring (bicyclic) bond motifs is 2. The molecule has 1 N–H and O–H groups in total. The summed E-state index contributed by atoms with van der Waals surface area (Å²) in [5.41, 5.74) is 1.85. The first-order valence-corrected chi connectivity index (χ1v) is 14.8. The number of carboxylic acids is 1. The summed E-state index contributed by atoms with van der Waals surface area (Å²) in [5.74, 6) is -2.31. The SMILES string of the molecule is COc1ccc(S(=O)(=O)n2cc(C(=O)N(C)C3CCN(C)CC3)c3cc(C)ccc32)c2ccccc12.O=C(O)C(F)(F)F. The van der Waals surface area contributed by atoms with Gasteiger partial charge in [0.15, 0.2) is 0 Å². The second-order valence-corrected chi connectivity index (χ2v) is 12.2. The van der Waals surface area contributed by atoms with Gasteiger partial charge in [-0.25, -0.2) is 17.2 Å². The van der Waals surface area contributed by atoms with Crippen molar-refractivity contribution in [2.45, 2.75) is 36.9 Å². The van der Waals surface area contributed by atoms with Gasteiger partial charge in [0.1, 0.15) is 5.75 Å². The predicted octanol–water partition coefficient (Wildman–Crippen LogP) is 5.15. The number of ether oxygens (including phenoxy) is 1.